The van der Waals surface area contributed by atoms with Crippen LogP contribution in [0, 0.1) is 0 Å². The van der Waals surface area contributed by atoms with Gasteiger partial charge in [-0.25, -0.2) is 4.98 Å². The van der Waals surface area contributed by atoms with Gasteiger partial charge in [-0.15, -0.1) is 0 Å². The van der Waals surface area contributed by atoms with Gasteiger partial charge in [0.1, 0.15) is 0 Å². The Balaban J connectivity index is 2.92. The Hall–Kier alpha value is -1.09. The summed E-state index contributed by atoms with van der Waals surface area (Å²) in [5.74, 6) is 0. The Morgan fingerprint density at radius 3 is 2.82 bits per heavy atom. The van der Waals surface area contributed by atoms with E-state index in [2.05, 4.69) is 11.6 Å². The molecule has 0 aliphatic rings. The van der Waals surface area contributed by atoms with E-state index in [1.807, 2.05) is 18.5 Å². The van der Waals surface area contributed by atoms with Crippen LogP contribution in [0.4, 0.5) is 0 Å². The third-order valence-electron chi connectivity index (χ3n) is 1.70. The molecule has 1 rings (SSSR count). The number of nitrogens with zero attached hydrogens (tertiary/aromatic N) is 2. The first-order chi connectivity index (χ1) is 5.13. The van der Waals surface area contributed by atoms with E-state index in [-0.39, 0.29) is 6.04 Å². The minimum absolute atomic E-state index is 0.0949. The fourth-order valence-electron chi connectivity index (χ4n) is 0.920. The van der Waals surface area contributed by atoms with Gasteiger partial charge < -0.3 is 10.3 Å². The molecule has 0 aliphatic carbocycles. The molecule has 3 nitrogen and oxygen atoms in total. The van der Waals surface area contributed by atoms with Crippen LogP contribution in [0.3, 0.4) is 0 Å². The second-order valence-corrected chi connectivity index (χ2v) is 2.75. The smallest absolute Gasteiger partial charge is 0.0946 e. The molecular weight excluding hydrogens is 138 g/mol. The molecule has 1 heterocycles. The van der Waals surface area contributed by atoms with Crippen LogP contribution in [0.15, 0.2) is 24.7 Å². The molecule has 0 aromatic carbocycles. The first-order valence-electron chi connectivity index (χ1n) is 3.50. The van der Waals surface area contributed by atoms with E-state index in [4.69, 9.17) is 5.73 Å². The molecular formula is C8H13N3. The minimum Gasteiger partial charge on any atom is -0.336 e. The summed E-state index contributed by atoms with van der Waals surface area (Å²) < 4.78 is 1.90. The molecule has 0 aliphatic heterocycles. The summed E-state index contributed by atoms with van der Waals surface area (Å²) in [4.78, 5) is 3.97. The minimum atomic E-state index is -0.0949. The number of aryl methyl sites for hydroxylation is 1. The third-order valence-corrected chi connectivity index (χ3v) is 1.70. The Labute approximate surface area is 66.5 Å². The topological polar surface area (TPSA) is 43.8 Å². The van der Waals surface area contributed by atoms with E-state index in [9.17, 15) is 0 Å². The van der Waals surface area contributed by atoms with Crippen LogP contribution in [0.25, 0.3) is 0 Å². The molecule has 0 bridgehead atoms. The van der Waals surface area contributed by atoms with Crippen LogP contribution in [0.5, 0.6) is 0 Å². The lowest BCUT2D eigenvalue weighted by atomic mass is 10.1. The summed E-state index contributed by atoms with van der Waals surface area (Å²) in [6.45, 7) is 5.70. The quantitative estimate of drug-likeness (QED) is 0.641. The summed E-state index contributed by atoms with van der Waals surface area (Å²) in [6, 6.07) is -0.0949. The molecule has 0 spiro atoms. The third kappa shape index (κ3) is 1.49. The second-order valence-electron chi connectivity index (χ2n) is 2.75. The fourth-order valence-corrected chi connectivity index (χ4v) is 0.920. The van der Waals surface area contributed by atoms with Crippen molar-refractivity contribution in [2.75, 3.05) is 0 Å². The lowest BCUT2D eigenvalue weighted by Gasteiger charge is -2.10. The second kappa shape index (κ2) is 2.88. The van der Waals surface area contributed by atoms with Gasteiger partial charge in [0.2, 0.25) is 0 Å². The zero-order valence-electron chi connectivity index (χ0n) is 6.91. The molecule has 60 valence electrons. The van der Waals surface area contributed by atoms with Crippen molar-refractivity contribution in [2.24, 2.45) is 12.8 Å². The maximum Gasteiger partial charge on any atom is 0.0946 e. The number of hydrogen-bond acceptors (Lipinski definition) is 2. The zero-order chi connectivity index (χ0) is 8.43. The number of hydrogen-bond donors (Lipinski definition) is 1. The SMILES string of the molecule is C=C(C)C(N)c1cncn1C. The normalized spacial score (nSPS) is 13.0. The molecule has 1 unspecified atom stereocenters. The molecule has 3 heteroatoms. The van der Waals surface area contributed by atoms with Crippen molar-refractivity contribution in [3.05, 3.63) is 30.4 Å². The predicted molar refractivity (Wildman–Crippen MR) is 45.0 cm³/mol. The number of imidazole rings is 1. The average Bonchev–Trinajstić information content (AvgIpc) is 2.33. The maximum absolute atomic E-state index is 5.82. The first kappa shape index (κ1) is 8.01. The number of rotatable bonds is 2. The standard InChI is InChI=1S/C8H13N3/c1-6(2)8(9)7-4-10-5-11(7)3/h4-5,8H,1,9H2,2-3H3. The average molecular weight is 151 g/mol. The van der Waals surface area contributed by atoms with Crippen LogP contribution in [0.1, 0.15) is 18.7 Å². The highest BCUT2D eigenvalue weighted by Crippen LogP contribution is 2.14. The van der Waals surface area contributed by atoms with Crippen LogP contribution >= 0.6 is 0 Å². The first-order valence-corrected chi connectivity index (χ1v) is 3.50. The van der Waals surface area contributed by atoms with E-state index >= 15 is 0 Å². The molecule has 0 saturated carbocycles. The molecule has 0 amide bonds. The van der Waals surface area contributed by atoms with E-state index < -0.39 is 0 Å². The van der Waals surface area contributed by atoms with Gasteiger partial charge in [-0.2, -0.15) is 0 Å². The van der Waals surface area contributed by atoms with Crippen LogP contribution in [-0.2, 0) is 7.05 Å². The molecule has 1 atom stereocenters. The van der Waals surface area contributed by atoms with Crippen molar-refractivity contribution < 1.29 is 0 Å². The summed E-state index contributed by atoms with van der Waals surface area (Å²) in [5.41, 5.74) is 7.77. The van der Waals surface area contributed by atoms with Crippen molar-refractivity contribution in [2.45, 2.75) is 13.0 Å². The van der Waals surface area contributed by atoms with E-state index in [0.29, 0.717) is 0 Å². The van der Waals surface area contributed by atoms with Crippen molar-refractivity contribution >= 4 is 0 Å². The summed E-state index contributed by atoms with van der Waals surface area (Å²) >= 11 is 0. The van der Waals surface area contributed by atoms with Crippen LogP contribution < -0.4 is 5.73 Å². The monoisotopic (exact) mass is 151 g/mol. The highest BCUT2D eigenvalue weighted by atomic mass is 15.0. The molecule has 1 aromatic heterocycles. The van der Waals surface area contributed by atoms with Crippen molar-refractivity contribution in [1.82, 2.24) is 9.55 Å². The van der Waals surface area contributed by atoms with Gasteiger partial charge in [-0.3, -0.25) is 0 Å². The van der Waals surface area contributed by atoms with Crippen molar-refractivity contribution in [3.63, 3.8) is 0 Å². The van der Waals surface area contributed by atoms with Crippen LogP contribution in [-0.4, -0.2) is 9.55 Å². The van der Waals surface area contributed by atoms with E-state index in [1.54, 1.807) is 12.5 Å². The molecule has 2 N–H and O–H groups in total. The fraction of sp³-hybridized carbons (Fsp3) is 0.375. The van der Waals surface area contributed by atoms with Gasteiger partial charge >= 0.3 is 0 Å². The summed E-state index contributed by atoms with van der Waals surface area (Å²) in [6.07, 6.45) is 3.50. The van der Waals surface area contributed by atoms with Gasteiger partial charge in [-0.1, -0.05) is 12.2 Å². The van der Waals surface area contributed by atoms with Gasteiger partial charge in [-0.05, 0) is 6.92 Å². The van der Waals surface area contributed by atoms with Crippen molar-refractivity contribution in [3.8, 4) is 0 Å². The van der Waals surface area contributed by atoms with Crippen LogP contribution in [0.2, 0.25) is 0 Å². The lowest BCUT2D eigenvalue weighted by Crippen LogP contribution is -2.14. The van der Waals surface area contributed by atoms with Gasteiger partial charge in [0.05, 0.1) is 24.3 Å². The molecule has 0 saturated heterocycles. The van der Waals surface area contributed by atoms with E-state index in [0.717, 1.165) is 11.3 Å². The Bertz CT molecular complexity index is 262. The Morgan fingerprint density at radius 1 is 1.82 bits per heavy atom. The maximum atomic E-state index is 5.82. The summed E-state index contributed by atoms with van der Waals surface area (Å²) in [5, 5.41) is 0. The Morgan fingerprint density at radius 2 is 2.45 bits per heavy atom. The molecule has 11 heavy (non-hydrogen) atoms. The largest absolute Gasteiger partial charge is 0.336 e. The van der Waals surface area contributed by atoms with Gasteiger partial charge in [0.15, 0.2) is 0 Å². The molecule has 1 aromatic rings. The number of nitrogens with two attached hydrogens (primary N) is 1. The number of aromatic nitrogens is 2. The summed E-state index contributed by atoms with van der Waals surface area (Å²) in [7, 11) is 1.92. The highest BCUT2D eigenvalue weighted by molar-refractivity contribution is 5.16. The predicted octanol–water partition coefficient (Wildman–Crippen LogP) is 0.996. The molecule has 0 radical (unpaired) electrons. The highest BCUT2D eigenvalue weighted by Gasteiger charge is 2.08. The van der Waals surface area contributed by atoms with E-state index in [1.165, 1.54) is 0 Å². The van der Waals surface area contributed by atoms with Gasteiger partial charge in [0.25, 0.3) is 0 Å². The van der Waals surface area contributed by atoms with Crippen molar-refractivity contribution in [1.29, 1.82) is 0 Å². The zero-order valence-corrected chi connectivity index (χ0v) is 6.91. The Kier molecular flexibility index (Phi) is 2.10. The van der Waals surface area contributed by atoms with Gasteiger partial charge in [0, 0.05) is 7.05 Å². The lowest BCUT2D eigenvalue weighted by molar-refractivity contribution is 0.736. The molecule has 0 fully saturated rings.